The first-order chi connectivity index (χ1) is 6.35. The highest BCUT2D eigenvalue weighted by molar-refractivity contribution is 4.64. The maximum Gasteiger partial charge on any atom is 0.0615 e. The van der Waals surface area contributed by atoms with Gasteiger partial charge in [-0.15, -0.1) is 0 Å². The van der Waals surface area contributed by atoms with Gasteiger partial charge in [0.15, 0.2) is 0 Å². The first kappa shape index (κ1) is 12.9. The van der Waals surface area contributed by atoms with Crippen LogP contribution in [0.25, 0.3) is 0 Å². The number of hydrogen-bond donors (Lipinski definition) is 1. The lowest BCUT2D eigenvalue weighted by atomic mass is 10.1. The molecule has 0 aromatic carbocycles. The quantitative estimate of drug-likeness (QED) is 0.557. The fourth-order valence-corrected chi connectivity index (χ4v) is 1.37. The van der Waals surface area contributed by atoms with Crippen LogP contribution in [0.1, 0.15) is 26.2 Å². The minimum Gasteiger partial charge on any atom is -0.385 e. The Labute approximate surface area is 81.8 Å². The van der Waals surface area contributed by atoms with Crippen molar-refractivity contribution in [2.24, 2.45) is 0 Å². The molecule has 0 spiro atoms. The van der Waals surface area contributed by atoms with Crippen LogP contribution in [-0.4, -0.2) is 40.0 Å². The monoisotopic (exact) mass is 189 g/mol. The van der Waals surface area contributed by atoms with Crippen molar-refractivity contribution in [1.82, 2.24) is 5.32 Å². The highest BCUT2D eigenvalue weighted by Crippen LogP contribution is 2.01. The van der Waals surface area contributed by atoms with E-state index in [1.807, 2.05) is 0 Å². The molecule has 0 aliphatic rings. The van der Waals surface area contributed by atoms with Crippen LogP contribution in [-0.2, 0) is 9.47 Å². The summed E-state index contributed by atoms with van der Waals surface area (Å²) in [7, 11) is 3.50. The SMILES string of the molecule is CCNC(CCCCOC)COC. The number of unbranched alkanes of at least 4 members (excludes halogenated alkanes) is 1. The van der Waals surface area contributed by atoms with Crippen LogP contribution < -0.4 is 5.32 Å². The Kier molecular flexibility index (Phi) is 9.87. The molecule has 80 valence electrons. The summed E-state index contributed by atoms with van der Waals surface area (Å²) >= 11 is 0. The second kappa shape index (κ2) is 9.96. The van der Waals surface area contributed by atoms with Crippen molar-refractivity contribution in [3.63, 3.8) is 0 Å². The number of likely N-dealkylation sites (N-methyl/N-ethyl adjacent to an activating group) is 1. The largest absolute Gasteiger partial charge is 0.385 e. The van der Waals surface area contributed by atoms with Crippen LogP contribution in [0.3, 0.4) is 0 Å². The molecule has 0 radical (unpaired) electrons. The minimum absolute atomic E-state index is 0.506. The highest BCUT2D eigenvalue weighted by Gasteiger charge is 2.05. The van der Waals surface area contributed by atoms with Crippen LogP contribution in [0.15, 0.2) is 0 Å². The van der Waals surface area contributed by atoms with Gasteiger partial charge in [-0.25, -0.2) is 0 Å². The van der Waals surface area contributed by atoms with Gasteiger partial charge in [0.2, 0.25) is 0 Å². The Morgan fingerprint density at radius 2 is 1.92 bits per heavy atom. The van der Waals surface area contributed by atoms with Gasteiger partial charge in [-0.2, -0.15) is 0 Å². The highest BCUT2D eigenvalue weighted by atomic mass is 16.5. The zero-order valence-corrected chi connectivity index (χ0v) is 9.14. The topological polar surface area (TPSA) is 30.5 Å². The predicted molar refractivity (Wildman–Crippen MR) is 55.1 cm³/mol. The first-order valence-corrected chi connectivity index (χ1v) is 5.06. The Morgan fingerprint density at radius 1 is 1.15 bits per heavy atom. The molecule has 0 aromatic heterocycles. The van der Waals surface area contributed by atoms with Crippen molar-refractivity contribution in [1.29, 1.82) is 0 Å². The van der Waals surface area contributed by atoms with E-state index in [-0.39, 0.29) is 0 Å². The van der Waals surface area contributed by atoms with Gasteiger partial charge in [-0.1, -0.05) is 6.92 Å². The molecule has 0 saturated carbocycles. The minimum atomic E-state index is 0.506. The Balaban J connectivity index is 3.33. The molecule has 0 amide bonds. The molecule has 0 fully saturated rings. The molecule has 1 unspecified atom stereocenters. The van der Waals surface area contributed by atoms with E-state index in [1.54, 1.807) is 14.2 Å². The standard InChI is InChI=1S/C10H23NO2/c1-4-11-10(9-13-3)7-5-6-8-12-2/h10-11H,4-9H2,1-3H3. The lowest BCUT2D eigenvalue weighted by molar-refractivity contribution is 0.156. The summed E-state index contributed by atoms with van der Waals surface area (Å²) in [6.45, 7) is 4.81. The molecule has 0 aliphatic carbocycles. The second-order valence-electron chi connectivity index (χ2n) is 3.20. The molecule has 0 bridgehead atoms. The normalized spacial score (nSPS) is 13.2. The van der Waals surface area contributed by atoms with Crippen LogP contribution in [0.5, 0.6) is 0 Å². The van der Waals surface area contributed by atoms with Gasteiger partial charge < -0.3 is 14.8 Å². The van der Waals surface area contributed by atoms with E-state index in [1.165, 1.54) is 12.8 Å². The van der Waals surface area contributed by atoms with E-state index < -0.39 is 0 Å². The van der Waals surface area contributed by atoms with E-state index in [4.69, 9.17) is 9.47 Å². The summed E-state index contributed by atoms with van der Waals surface area (Å²) in [5.41, 5.74) is 0. The number of nitrogens with one attached hydrogen (secondary N) is 1. The smallest absolute Gasteiger partial charge is 0.0615 e. The molecule has 13 heavy (non-hydrogen) atoms. The van der Waals surface area contributed by atoms with Crippen molar-refractivity contribution in [3.05, 3.63) is 0 Å². The lowest BCUT2D eigenvalue weighted by Crippen LogP contribution is -2.32. The summed E-state index contributed by atoms with van der Waals surface area (Å²) in [6.07, 6.45) is 3.52. The molecule has 3 nitrogen and oxygen atoms in total. The van der Waals surface area contributed by atoms with E-state index in [0.29, 0.717) is 6.04 Å². The van der Waals surface area contributed by atoms with Gasteiger partial charge in [-0.3, -0.25) is 0 Å². The third-order valence-electron chi connectivity index (χ3n) is 2.01. The number of methoxy groups -OCH3 is 2. The summed E-state index contributed by atoms with van der Waals surface area (Å²) < 4.78 is 10.1. The Hall–Kier alpha value is -0.120. The average Bonchev–Trinajstić information content (AvgIpc) is 2.13. The van der Waals surface area contributed by atoms with Crippen molar-refractivity contribution in [2.75, 3.05) is 34.0 Å². The van der Waals surface area contributed by atoms with E-state index in [2.05, 4.69) is 12.2 Å². The summed E-state index contributed by atoms with van der Waals surface area (Å²) in [5.74, 6) is 0. The van der Waals surface area contributed by atoms with Gasteiger partial charge in [-0.05, 0) is 25.8 Å². The molecule has 0 saturated heterocycles. The predicted octanol–water partition coefficient (Wildman–Crippen LogP) is 1.43. The molecule has 0 heterocycles. The molecule has 1 atom stereocenters. The zero-order chi connectivity index (χ0) is 9.94. The second-order valence-corrected chi connectivity index (χ2v) is 3.20. The van der Waals surface area contributed by atoms with Gasteiger partial charge in [0, 0.05) is 26.9 Å². The van der Waals surface area contributed by atoms with E-state index >= 15 is 0 Å². The van der Waals surface area contributed by atoms with Crippen molar-refractivity contribution in [2.45, 2.75) is 32.2 Å². The average molecular weight is 189 g/mol. The fourth-order valence-electron chi connectivity index (χ4n) is 1.37. The zero-order valence-electron chi connectivity index (χ0n) is 9.14. The van der Waals surface area contributed by atoms with Crippen molar-refractivity contribution >= 4 is 0 Å². The number of ether oxygens (including phenoxy) is 2. The third kappa shape index (κ3) is 8.22. The summed E-state index contributed by atoms with van der Waals surface area (Å²) in [4.78, 5) is 0. The number of hydrogen-bond acceptors (Lipinski definition) is 3. The molecule has 0 rings (SSSR count). The van der Waals surface area contributed by atoms with E-state index in [9.17, 15) is 0 Å². The molecule has 0 aromatic rings. The van der Waals surface area contributed by atoms with Crippen LogP contribution >= 0.6 is 0 Å². The van der Waals surface area contributed by atoms with Gasteiger partial charge in [0.05, 0.1) is 6.61 Å². The molecule has 0 aliphatic heterocycles. The summed E-state index contributed by atoms with van der Waals surface area (Å²) in [6, 6.07) is 0.506. The van der Waals surface area contributed by atoms with E-state index in [0.717, 1.165) is 26.2 Å². The van der Waals surface area contributed by atoms with Crippen molar-refractivity contribution in [3.8, 4) is 0 Å². The molecule has 1 N–H and O–H groups in total. The maximum absolute atomic E-state index is 5.12. The first-order valence-electron chi connectivity index (χ1n) is 5.06. The fraction of sp³-hybridized carbons (Fsp3) is 1.00. The number of rotatable bonds is 9. The Bertz CT molecular complexity index is 92.9. The van der Waals surface area contributed by atoms with Gasteiger partial charge in [0.1, 0.15) is 0 Å². The summed E-state index contributed by atoms with van der Waals surface area (Å²) in [5, 5.41) is 3.39. The van der Waals surface area contributed by atoms with Crippen LogP contribution in [0.4, 0.5) is 0 Å². The van der Waals surface area contributed by atoms with Crippen LogP contribution in [0, 0.1) is 0 Å². The molecular formula is C10H23NO2. The van der Waals surface area contributed by atoms with Crippen molar-refractivity contribution < 1.29 is 9.47 Å². The Morgan fingerprint density at radius 3 is 2.46 bits per heavy atom. The third-order valence-corrected chi connectivity index (χ3v) is 2.01. The molecule has 3 heteroatoms. The lowest BCUT2D eigenvalue weighted by Gasteiger charge is -2.16. The van der Waals surface area contributed by atoms with Crippen LogP contribution in [0.2, 0.25) is 0 Å². The van der Waals surface area contributed by atoms with Gasteiger partial charge in [0.25, 0.3) is 0 Å². The maximum atomic E-state index is 5.12. The van der Waals surface area contributed by atoms with Gasteiger partial charge >= 0.3 is 0 Å². The molecular weight excluding hydrogens is 166 g/mol.